The number of halogens is 1. The molecule has 0 fully saturated rings. The van der Waals surface area contributed by atoms with Gasteiger partial charge in [0.15, 0.2) is 11.6 Å². The van der Waals surface area contributed by atoms with Crippen molar-refractivity contribution in [2.24, 2.45) is 0 Å². The number of nitrogens with zero attached hydrogens (tertiary/aromatic N) is 2. The molecular formula is C16H16IN5S. The molecule has 0 aliphatic rings. The lowest BCUT2D eigenvalue weighted by Gasteiger charge is -2.12. The van der Waals surface area contributed by atoms with Crippen molar-refractivity contribution in [2.45, 2.75) is 6.42 Å². The summed E-state index contributed by atoms with van der Waals surface area (Å²) in [6.45, 7) is 0.782. The van der Waals surface area contributed by atoms with Crippen LogP contribution in [0.25, 0.3) is 0 Å². The van der Waals surface area contributed by atoms with Gasteiger partial charge in [-0.25, -0.2) is 9.97 Å². The van der Waals surface area contributed by atoms with Crippen molar-refractivity contribution in [3.63, 3.8) is 0 Å². The van der Waals surface area contributed by atoms with E-state index in [1.165, 1.54) is 14.8 Å². The van der Waals surface area contributed by atoms with Crippen molar-refractivity contribution >= 4 is 56.9 Å². The van der Waals surface area contributed by atoms with E-state index in [4.69, 9.17) is 5.73 Å². The highest BCUT2D eigenvalue weighted by atomic mass is 127. The highest BCUT2D eigenvalue weighted by Crippen LogP contribution is 2.26. The Labute approximate surface area is 152 Å². The number of benzene rings is 1. The average Bonchev–Trinajstić information content (AvgIpc) is 3.06. The number of anilines is 4. The summed E-state index contributed by atoms with van der Waals surface area (Å²) >= 11 is 4.02. The second-order valence-corrected chi connectivity index (χ2v) is 7.15. The Balaban J connectivity index is 1.66. The first-order chi connectivity index (χ1) is 11.2. The quantitative estimate of drug-likeness (QED) is 0.506. The minimum atomic E-state index is 0.525. The molecule has 0 radical (unpaired) electrons. The number of nitrogens with two attached hydrogens (primary N) is 1. The molecule has 0 spiro atoms. The van der Waals surface area contributed by atoms with Crippen LogP contribution in [0.4, 0.5) is 23.0 Å². The summed E-state index contributed by atoms with van der Waals surface area (Å²) in [5.41, 5.74) is 7.64. The van der Waals surface area contributed by atoms with Crippen LogP contribution in [0.3, 0.4) is 0 Å². The number of nitrogen functional groups attached to an aromatic ring is 1. The van der Waals surface area contributed by atoms with Gasteiger partial charge in [-0.15, -0.1) is 11.3 Å². The molecule has 0 atom stereocenters. The highest BCUT2D eigenvalue weighted by Gasteiger charge is 2.08. The minimum absolute atomic E-state index is 0.525. The Morgan fingerprint density at radius 1 is 1.09 bits per heavy atom. The highest BCUT2D eigenvalue weighted by molar-refractivity contribution is 14.1. The molecule has 0 saturated heterocycles. The van der Waals surface area contributed by atoms with E-state index in [-0.39, 0.29) is 0 Å². The minimum Gasteiger partial charge on any atom is -0.393 e. The van der Waals surface area contributed by atoms with Gasteiger partial charge < -0.3 is 16.4 Å². The molecule has 2 aromatic heterocycles. The van der Waals surface area contributed by atoms with Gasteiger partial charge in [0, 0.05) is 20.7 Å². The maximum Gasteiger partial charge on any atom is 0.159 e. The number of aromatic nitrogens is 2. The van der Waals surface area contributed by atoms with E-state index in [2.05, 4.69) is 60.7 Å². The molecule has 2 heterocycles. The predicted octanol–water partition coefficient (Wildman–Crippen LogP) is 4.12. The van der Waals surface area contributed by atoms with Crippen LogP contribution in [-0.2, 0) is 6.42 Å². The first kappa shape index (κ1) is 16.0. The number of hydrogen-bond donors (Lipinski definition) is 3. The molecule has 3 aromatic rings. The first-order valence-corrected chi connectivity index (χ1v) is 9.07. The van der Waals surface area contributed by atoms with Crippen LogP contribution >= 0.6 is 33.9 Å². The van der Waals surface area contributed by atoms with Gasteiger partial charge in [0.05, 0.1) is 0 Å². The summed E-state index contributed by atoms with van der Waals surface area (Å²) in [5, 5.41) is 8.58. The van der Waals surface area contributed by atoms with Crippen molar-refractivity contribution in [2.75, 3.05) is 22.9 Å². The molecule has 1 aromatic carbocycles. The molecule has 5 nitrogen and oxygen atoms in total. The monoisotopic (exact) mass is 437 g/mol. The normalized spacial score (nSPS) is 10.5. The van der Waals surface area contributed by atoms with Crippen LogP contribution in [0.1, 0.15) is 4.88 Å². The number of hydrogen-bond acceptors (Lipinski definition) is 6. The fraction of sp³-hybridized carbons (Fsp3) is 0.125. The standard InChI is InChI=1S/C16H16IN5S/c17-11-3-5-12(6-4-11)22-16-14(18)15(20-10-21-16)19-8-7-13-2-1-9-23-13/h1-6,9-10H,7-8,18H2,(H2,19,20,21,22). The third kappa shape index (κ3) is 4.32. The summed E-state index contributed by atoms with van der Waals surface area (Å²) in [6.07, 6.45) is 2.46. The van der Waals surface area contributed by atoms with Gasteiger partial charge in [-0.2, -0.15) is 0 Å². The summed E-state index contributed by atoms with van der Waals surface area (Å²) < 4.78 is 1.18. The SMILES string of the molecule is Nc1c(NCCc2cccs2)ncnc1Nc1ccc(I)cc1. The molecule has 7 heteroatoms. The molecule has 0 unspecified atom stereocenters. The van der Waals surface area contributed by atoms with E-state index in [9.17, 15) is 0 Å². The van der Waals surface area contributed by atoms with E-state index < -0.39 is 0 Å². The van der Waals surface area contributed by atoms with E-state index in [0.717, 1.165) is 18.7 Å². The Kier molecular flexibility index (Phi) is 5.29. The Morgan fingerprint density at radius 2 is 1.87 bits per heavy atom. The lowest BCUT2D eigenvalue weighted by atomic mass is 10.3. The molecule has 0 aliphatic carbocycles. The van der Waals surface area contributed by atoms with Crippen molar-refractivity contribution in [3.8, 4) is 0 Å². The van der Waals surface area contributed by atoms with Gasteiger partial charge in [0.1, 0.15) is 12.0 Å². The zero-order valence-electron chi connectivity index (χ0n) is 12.3. The summed E-state index contributed by atoms with van der Waals surface area (Å²) in [6, 6.07) is 12.2. The zero-order chi connectivity index (χ0) is 16.1. The molecule has 0 bridgehead atoms. The van der Waals surface area contributed by atoms with Crippen molar-refractivity contribution in [1.29, 1.82) is 0 Å². The fourth-order valence-corrected chi connectivity index (χ4v) is 3.13. The van der Waals surface area contributed by atoms with Crippen LogP contribution in [0.2, 0.25) is 0 Å². The summed E-state index contributed by atoms with van der Waals surface area (Å²) in [7, 11) is 0. The van der Waals surface area contributed by atoms with Crippen molar-refractivity contribution in [1.82, 2.24) is 9.97 Å². The summed E-state index contributed by atoms with van der Waals surface area (Å²) in [5.74, 6) is 1.27. The second-order valence-electron chi connectivity index (χ2n) is 4.87. The molecule has 0 aliphatic heterocycles. The predicted molar refractivity (Wildman–Crippen MR) is 105 cm³/mol. The molecule has 3 rings (SSSR count). The maximum absolute atomic E-state index is 6.17. The Morgan fingerprint density at radius 3 is 2.61 bits per heavy atom. The topological polar surface area (TPSA) is 75.9 Å². The number of rotatable bonds is 6. The molecule has 118 valence electrons. The smallest absolute Gasteiger partial charge is 0.159 e. The third-order valence-corrected chi connectivity index (χ3v) is 4.89. The number of nitrogens with one attached hydrogen (secondary N) is 2. The maximum atomic E-state index is 6.17. The Bertz CT molecular complexity index is 759. The van der Waals surface area contributed by atoms with Crippen LogP contribution in [0.5, 0.6) is 0 Å². The van der Waals surface area contributed by atoms with E-state index in [1.54, 1.807) is 11.3 Å². The van der Waals surface area contributed by atoms with E-state index in [1.807, 2.05) is 24.3 Å². The zero-order valence-corrected chi connectivity index (χ0v) is 15.3. The lowest BCUT2D eigenvalue weighted by Crippen LogP contribution is -2.10. The van der Waals surface area contributed by atoms with Gasteiger partial charge in [0.25, 0.3) is 0 Å². The molecule has 4 N–H and O–H groups in total. The van der Waals surface area contributed by atoms with Crippen molar-refractivity contribution in [3.05, 3.63) is 56.6 Å². The van der Waals surface area contributed by atoms with Crippen LogP contribution in [-0.4, -0.2) is 16.5 Å². The molecule has 0 saturated carbocycles. The fourth-order valence-electron chi connectivity index (χ4n) is 2.06. The molecule has 0 amide bonds. The lowest BCUT2D eigenvalue weighted by molar-refractivity contribution is 1.02. The number of thiophene rings is 1. The molecular weight excluding hydrogens is 421 g/mol. The second kappa shape index (κ2) is 7.60. The Hall–Kier alpha value is -1.87. The van der Waals surface area contributed by atoms with Gasteiger partial charge in [-0.1, -0.05) is 6.07 Å². The van der Waals surface area contributed by atoms with Gasteiger partial charge >= 0.3 is 0 Å². The van der Waals surface area contributed by atoms with Crippen LogP contribution in [0, 0.1) is 3.57 Å². The first-order valence-electron chi connectivity index (χ1n) is 7.11. The molecule has 23 heavy (non-hydrogen) atoms. The third-order valence-electron chi connectivity index (χ3n) is 3.23. The largest absolute Gasteiger partial charge is 0.393 e. The van der Waals surface area contributed by atoms with E-state index >= 15 is 0 Å². The van der Waals surface area contributed by atoms with Gasteiger partial charge in [-0.3, -0.25) is 0 Å². The summed E-state index contributed by atoms with van der Waals surface area (Å²) in [4.78, 5) is 9.79. The van der Waals surface area contributed by atoms with Gasteiger partial charge in [0.2, 0.25) is 0 Å². The van der Waals surface area contributed by atoms with Crippen molar-refractivity contribution < 1.29 is 0 Å². The van der Waals surface area contributed by atoms with Crippen LogP contribution < -0.4 is 16.4 Å². The average molecular weight is 437 g/mol. The van der Waals surface area contributed by atoms with E-state index in [0.29, 0.717) is 17.3 Å². The van der Waals surface area contributed by atoms with Gasteiger partial charge in [-0.05, 0) is 64.7 Å². The van der Waals surface area contributed by atoms with Crippen LogP contribution in [0.15, 0.2) is 48.1 Å².